The van der Waals surface area contributed by atoms with Crippen LogP contribution in [-0.4, -0.2) is 35.1 Å². The zero-order valence-corrected chi connectivity index (χ0v) is 15.6. The first-order chi connectivity index (χ1) is 11.2. The molecule has 0 aliphatic heterocycles. The van der Waals surface area contributed by atoms with Gasteiger partial charge in [0.1, 0.15) is 5.60 Å². The Kier molecular flexibility index (Phi) is 6.54. The average molecular weight is 354 g/mol. The van der Waals surface area contributed by atoms with Gasteiger partial charge in [-0.2, -0.15) is 0 Å². The molecule has 1 unspecified atom stereocenters. The third-order valence-corrected chi connectivity index (χ3v) is 4.71. The number of esters is 1. The van der Waals surface area contributed by atoms with Gasteiger partial charge in [0.2, 0.25) is 0 Å². The summed E-state index contributed by atoms with van der Waals surface area (Å²) in [7, 11) is 0. The summed E-state index contributed by atoms with van der Waals surface area (Å²) in [6, 6.07) is 7.39. The minimum Gasteiger partial charge on any atom is -0.460 e. The van der Waals surface area contributed by atoms with Crippen molar-refractivity contribution in [2.24, 2.45) is 5.92 Å². The third kappa shape index (κ3) is 6.00. The molecule has 1 aromatic rings. The smallest absolute Gasteiger partial charge is 0.309 e. The predicted octanol–water partition coefficient (Wildman–Crippen LogP) is 3.17. The van der Waals surface area contributed by atoms with Crippen LogP contribution in [0, 0.1) is 12.8 Å². The molecule has 1 saturated carbocycles. The number of hydrogen-bond acceptors (Lipinski definition) is 5. The third-order valence-electron chi connectivity index (χ3n) is 3.68. The van der Waals surface area contributed by atoms with Gasteiger partial charge in [0.25, 0.3) is 0 Å². The van der Waals surface area contributed by atoms with Gasteiger partial charge in [-0.3, -0.25) is 8.98 Å². The molecule has 0 heterocycles. The van der Waals surface area contributed by atoms with Crippen LogP contribution in [0.15, 0.2) is 29.2 Å². The van der Waals surface area contributed by atoms with E-state index in [-0.39, 0.29) is 24.6 Å². The quantitative estimate of drug-likeness (QED) is 0.556. The van der Waals surface area contributed by atoms with Crippen molar-refractivity contribution in [1.29, 1.82) is 0 Å². The molecule has 0 N–H and O–H groups in total. The Morgan fingerprint density at radius 1 is 1.17 bits per heavy atom. The van der Waals surface area contributed by atoms with Gasteiger partial charge in [-0.1, -0.05) is 17.7 Å². The van der Waals surface area contributed by atoms with Gasteiger partial charge in [0, 0.05) is 0 Å². The maximum absolute atomic E-state index is 11.9. The van der Waals surface area contributed by atoms with E-state index in [1.54, 1.807) is 12.1 Å². The Morgan fingerprint density at radius 3 is 2.38 bits per heavy atom. The largest absolute Gasteiger partial charge is 0.460 e. The van der Waals surface area contributed by atoms with Crippen LogP contribution in [-0.2, 0) is 29.5 Å². The van der Waals surface area contributed by atoms with Crippen LogP contribution in [0.25, 0.3) is 0 Å². The molecule has 1 atom stereocenters. The molecule has 1 aliphatic carbocycles. The van der Waals surface area contributed by atoms with E-state index in [2.05, 4.69) is 0 Å². The van der Waals surface area contributed by atoms with Crippen molar-refractivity contribution < 1.29 is 22.7 Å². The van der Waals surface area contributed by atoms with E-state index in [1.165, 1.54) is 0 Å². The van der Waals surface area contributed by atoms with Crippen molar-refractivity contribution in [2.45, 2.75) is 57.1 Å². The van der Waals surface area contributed by atoms with Gasteiger partial charge >= 0.3 is 5.97 Å². The summed E-state index contributed by atoms with van der Waals surface area (Å²) in [6.07, 6.45) is 1.41. The summed E-state index contributed by atoms with van der Waals surface area (Å²) < 4.78 is 28.2. The Balaban J connectivity index is 1.59. The lowest BCUT2D eigenvalue weighted by Gasteiger charge is -2.35. The van der Waals surface area contributed by atoms with Crippen LogP contribution in [0.4, 0.5) is 0 Å². The molecule has 5 nitrogen and oxygen atoms in total. The minimum absolute atomic E-state index is 0.0546. The molecule has 0 aromatic heterocycles. The highest BCUT2D eigenvalue weighted by atomic mass is 32.2. The number of hydrogen-bond donors (Lipinski definition) is 0. The maximum Gasteiger partial charge on any atom is 0.309 e. The lowest BCUT2D eigenvalue weighted by molar-refractivity contribution is -0.169. The Labute approximate surface area is 146 Å². The second kappa shape index (κ2) is 8.23. The maximum atomic E-state index is 11.9. The van der Waals surface area contributed by atoms with Crippen molar-refractivity contribution in [2.75, 3.05) is 13.2 Å². The number of rotatable bonds is 7. The fraction of sp³-hybridized carbons (Fsp3) is 0.611. The molecular formula is C18H26O5S. The second-order valence-corrected chi connectivity index (χ2v) is 8.24. The monoisotopic (exact) mass is 354 g/mol. The number of benzene rings is 1. The summed E-state index contributed by atoms with van der Waals surface area (Å²) in [5.74, 6) is -0.226. The molecule has 0 spiro atoms. The zero-order valence-electron chi connectivity index (χ0n) is 14.7. The number of carbonyl (C=O) groups excluding carboxylic acids is 1. The van der Waals surface area contributed by atoms with E-state index < -0.39 is 16.7 Å². The Bertz CT molecular complexity index is 570. The van der Waals surface area contributed by atoms with Gasteiger partial charge in [0.05, 0.1) is 30.1 Å². The molecule has 1 fully saturated rings. The molecule has 1 aliphatic rings. The molecule has 134 valence electrons. The van der Waals surface area contributed by atoms with Crippen molar-refractivity contribution in [3.05, 3.63) is 29.8 Å². The molecule has 1 aromatic carbocycles. The topological polar surface area (TPSA) is 61.8 Å². The predicted molar refractivity (Wildman–Crippen MR) is 91.8 cm³/mol. The minimum atomic E-state index is -1.47. The highest BCUT2D eigenvalue weighted by Gasteiger charge is 2.37. The highest BCUT2D eigenvalue weighted by Crippen LogP contribution is 2.32. The second-order valence-electron chi connectivity index (χ2n) is 7.06. The van der Waals surface area contributed by atoms with Crippen LogP contribution in [0.5, 0.6) is 0 Å². The van der Waals surface area contributed by atoms with E-state index in [9.17, 15) is 9.00 Å². The van der Waals surface area contributed by atoms with Crippen molar-refractivity contribution in [1.82, 2.24) is 0 Å². The van der Waals surface area contributed by atoms with Crippen molar-refractivity contribution in [3.63, 3.8) is 0 Å². The fourth-order valence-electron chi connectivity index (χ4n) is 2.32. The standard InChI is InChI=1S/C18H26O5S/c1-13-5-7-16(8-6-13)24(20)22-10-9-21-15-11-14(12-15)17(19)23-18(2,3)4/h5-8,14-15H,9-12H2,1-4H3/t14-,15+,24?. The molecular weight excluding hydrogens is 328 g/mol. The molecule has 24 heavy (non-hydrogen) atoms. The van der Waals surface area contributed by atoms with Crippen LogP contribution in [0.2, 0.25) is 0 Å². The number of aryl methyl sites for hydroxylation is 1. The van der Waals surface area contributed by atoms with Crippen LogP contribution < -0.4 is 0 Å². The molecule has 2 rings (SSSR count). The fourth-order valence-corrected chi connectivity index (χ4v) is 3.03. The summed E-state index contributed by atoms with van der Waals surface area (Å²) >= 11 is -1.47. The summed E-state index contributed by atoms with van der Waals surface area (Å²) in [4.78, 5) is 12.5. The summed E-state index contributed by atoms with van der Waals surface area (Å²) in [6.45, 7) is 8.19. The zero-order chi connectivity index (χ0) is 17.7. The first-order valence-electron chi connectivity index (χ1n) is 8.21. The van der Waals surface area contributed by atoms with Gasteiger partial charge in [-0.15, -0.1) is 0 Å². The Morgan fingerprint density at radius 2 is 1.79 bits per heavy atom. The SMILES string of the molecule is Cc1ccc(S(=O)OCCO[C@H]2C[C@@H](C(=O)OC(C)(C)C)C2)cc1. The first-order valence-corrected chi connectivity index (χ1v) is 9.28. The van der Waals surface area contributed by atoms with Gasteiger partial charge in [-0.25, -0.2) is 4.21 Å². The van der Waals surface area contributed by atoms with E-state index in [0.29, 0.717) is 24.3 Å². The highest BCUT2D eigenvalue weighted by molar-refractivity contribution is 7.80. The average Bonchev–Trinajstić information content (AvgIpc) is 2.43. The molecule has 0 bridgehead atoms. The van der Waals surface area contributed by atoms with Crippen LogP contribution in [0.1, 0.15) is 39.2 Å². The van der Waals surface area contributed by atoms with Crippen molar-refractivity contribution >= 4 is 17.0 Å². The van der Waals surface area contributed by atoms with E-state index in [4.69, 9.17) is 13.7 Å². The molecule has 6 heteroatoms. The van der Waals surface area contributed by atoms with E-state index >= 15 is 0 Å². The molecule has 0 amide bonds. The van der Waals surface area contributed by atoms with Gasteiger partial charge in [-0.05, 0) is 52.7 Å². The summed E-state index contributed by atoms with van der Waals surface area (Å²) in [5.41, 5.74) is 0.667. The van der Waals surface area contributed by atoms with E-state index in [0.717, 1.165) is 5.56 Å². The van der Waals surface area contributed by atoms with Crippen molar-refractivity contribution in [3.8, 4) is 0 Å². The Hall–Kier alpha value is -1.24. The van der Waals surface area contributed by atoms with Crippen LogP contribution >= 0.6 is 0 Å². The van der Waals surface area contributed by atoms with E-state index in [1.807, 2.05) is 39.8 Å². The summed E-state index contributed by atoms with van der Waals surface area (Å²) in [5, 5.41) is 0. The number of ether oxygens (including phenoxy) is 2. The molecule has 0 radical (unpaired) electrons. The van der Waals surface area contributed by atoms with Gasteiger partial charge < -0.3 is 9.47 Å². The van der Waals surface area contributed by atoms with Crippen LogP contribution in [0.3, 0.4) is 0 Å². The van der Waals surface area contributed by atoms with Gasteiger partial charge in [0.15, 0.2) is 11.1 Å². The normalized spacial score (nSPS) is 21.8. The first kappa shape index (κ1) is 19.1. The lowest BCUT2D eigenvalue weighted by Crippen LogP contribution is -2.40. The molecule has 0 saturated heterocycles. The lowest BCUT2D eigenvalue weighted by atomic mass is 9.82. The number of carbonyl (C=O) groups is 1.